The van der Waals surface area contributed by atoms with Crippen molar-refractivity contribution < 1.29 is 14.1 Å². The molecule has 0 saturated heterocycles. The Kier molecular flexibility index (Phi) is 4.02. The number of halogens is 1. The Morgan fingerprint density at radius 2 is 2.16 bits per heavy atom. The van der Waals surface area contributed by atoms with Crippen molar-refractivity contribution in [2.24, 2.45) is 0 Å². The zero-order valence-corrected chi connectivity index (χ0v) is 9.95. The Morgan fingerprint density at radius 3 is 2.79 bits per heavy atom. The van der Waals surface area contributed by atoms with E-state index in [0.29, 0.717) is 18.1 Å². The fourth-order valence-corrected chi connectivity index (χ4v) is 1.49. The van der Waals surface area contributed by atoms with E-state index >= 15 is 0 Å². The summed E-state index contributed by atoms with van der Waals surface area (Å²) in [5.74, 6) is 0.279. The van der Waals surface area contributed by atoms with Crippen molar-refractivity contribution in [1.82, 2.24) is 4.98 Å². The van der Waals surface area contributed by atoms with Crippen LogP contribution in [0.1, 0.15) is 5.56 Å². The van der Waals surface area contributed by atoms with Crippen molar-refractivity contribution in [2.75, 3.05) is 6.54 Å². The van der Waals surface area contributed by atoms with Crippen LogP contribution in [0.2, 0.25) is 0 Å². The number of hydrogen-bond donors (Lipinski definition) is 0. The minimum absolute atomic E-state index is 0.133. The van der Waals surface area contributed by atoms with E-state index in [9.17, 15) is 14.5 Å². The summed E-state index contributed by atoms with van der Waals surface area (Å²) >= 11 is 0. The molecule has 2 rings (SSSR count). The second-order valence-corrected chi connectivity index (χ2v) is 3.87. The minimum Gasteiger partial charge on any atom is -0.439 e. The molecule has 0 aliphatic rings. The molecule has 0 atom stereocenters. The lowest BCUT2D eigenvalue weighted by Crippen LogP contribution is -2.04. The summed E-state index contributed by atoms with van der Waals surface area (Å²) in [6.07, 6.45) is 1.83. The molecule has 0 bridgehead atoms. The van der Waals surface area contributed by atoms with Crippen molar-refractivity contribution in [3.05, 3.63) is 64.1 Å². The number of ether oxygens (including phenoxy) is 1. The Hall–Kier alpha value is -2.50. The van der Waals surface area contributed by atoms with E-state index in [4.69, 9.17) is 4.74 Å². The Bertz CT molecular complexity index is 572. The van der Waals surface area contributed by atoms with Crippen molar-refractivity contribution in [3.8, 4) is 11.6 Å². The third-order valence-electron chi connectivity index (χ3n) is 2.40. The van der Waals surface area contributed by atoms with E-state index in [1.54, 1.807) is 18.2 Å². The van der Waals surface area contributed by atoms with E-state index in [2.05, 4.69) is 4.98 Å². The lowest BCUT2D eigenvalue weighted by atomic mass is 10.2. The van der Waals surface area contributed by atoms with Crippen molar-refractivity contribution >= 4 is 0 Å². The van der Waals surface area contributed by atoms with E-state index in [1.807, 2.05) is 0 Å². The molecule has 0 radical (unpaired) electrons. The summed E-state index contributed by atoms with van der Waals surface area (Å²) in [5.41, 5.74) is 0.753. The van der Waals surface area contributed by atoms with E-state index in [-0.39, 0.29) is 17.3 Å². The standard InChI is InChI=1S/C13H11FN2O3/c14-11-2-1-3-12(8-11)19-13-5-4-10(9-15-13)6-7-16(17)18/h1-5,8-9H,6-7H2. The lowest BCUT2D eigenvalue weighted by Gasteiger charge is -2.05. The zero-order valence-electron chi connectivity index (χ0n) is 9.95. The summed E-state index contributed by atoms with van der Waals surface area (Å²) in [7, 11) is 0. The maximum atomic E-state index is 12.9. The molecular weight excluding hydrogens is 251 g/mol. The first kappa shape index (κ1) is 12.9. The summed E-state index contributed by atoms with van der Waals surface area (Å²) < 4.78 is 18.3. The van der Waals surface area contributed by atoms with Gasteiger partial charge in [0.05, 0.1) is 0 Å². The van der Waals surface area contributed by atoms with Crippen molar-refractivity contribution in [1.29, 1.82) is 0 Å². The first-order chi connectivity index (χ1) is 9.13. The Balaban J connectivity index is 2.00. The highest BCUT2D eigenvalue weighted by Gasteiger charge is 2.03. The SMILES string of the molecule is O=[N+]([O-])CCc1ccc(Oc2cccc(F)c2)nc1. The summed E-state index contributed by atoms with van der Waals surface area (Å²) in [6.45, 7) is -0.133. The molecule has 5 nitrogen and oxygen atoms in total. The molecule has 0 amide bonds. The minimum atomic E-state index is -0.389. The highest BCUT2D eigenvalue weighted by atomic mass is 19.1. The third-order valence-corrected chi connectivity index (χ3v) is 2.40. The van der Waals surface area contributed by atoms with Crippen LogP contribution in [-0.2, 0) is 6.42 Å². The van der Waals surface area contributed by atoms with Crippen LogP contribution in [0.25, 0.3) is 0 Å². The van der Waals surface area contributed by atoms with Gasteiger partial charge in [-0.1, -0.05) is 12.1 Å². The summed E-state index contributed by atoms with van der Waals surface area (Å²) in [6, 6.07) is 9.02. The van der Waals surface area contributed by atoms with Gasteiger partial charge in [0.25, 0.3) is 0 Å². The van der Waals surface area contributed by atoms with E-state index < -0.39 is 0 Å². The third kappa shape index (κ3) is 4.02. The summed E-state index contributed by atoms with van der Waals surface area (Å²) in [5, 5.41) is 10.2. The molecule has 6 heteroatoms. The highest BCUT2D eigenvalue weighted by Crippen LogP contribution is 2.20. The normalized spacial score (nSPS) is 10.2. The molecular formula is C13H11FN2O3. The molecule has 19 heavy (non-hydrogen) atoms. The average molecular weight is 262 g/mol. The van der Waals surface area contributed by atoms with Gasteiger partial charge in [-0.05, 0) is 17.7 Å². The van der Waals surface area contributed by atoms with Crippen LogP contribution in [0.15, 0.2) is 42.6 Å². The zero-order chi connectivity index (χ0) is 13.7. The van der Waals surface area contributed by atoms with Crippen LogP contribution >= 0.6 is 0 Å². The number of pyridine rings is 1. The number of nitrogens with zero attached hydrogens (tertiary/aromatic N) is 2. The first-order valence-corrected chi connectivity index (χ1v) is 5.63. The van der Waals surface area contributed by atoms with Crippen LogP contribution in [0.5, 0.6) is 11.6 Å². The van der Waals surface area contributed by atoms with Crippen LogP contribution in [0.4, 0.5) is 4.39 Å². The topological polar surface area (TPSA) is 65.3 Å². The molecule has 0 aliphatic heterocycles. The van der Waals surface area contributed by atoms with Gasteiger partial charge in [0.2, 0.25) is 12.4 Å². The highest BCUT2D eigenvalue weighted by molar-refractivity contribution is 5.28. The van der Waals surface area contributed by atoms with Crippen molar-refractivity contribution in [3.63, 3.8) is 0 Å². The van der Waals surface area contributed by atoms with Gasteiger partial charge >= 0.3 is 0 Å². The molecule has 1 aromatic heterocycles. The molecule has 0 saturated carbocycles. The molecule has 1 heterocycles. The predicted octanol–water partition coefficient (Wildman–Crippen LogP) is 2.83. The number of rotatable bonds is 5. The maximum absolute atomic E-state index is 12.9. The van der Waals surface area contributed by atoms with Crippen LogP contribution in [0.3, 0.4) is 0 Å². The molecule has 0 spiro atoms. The molecule has 0 unspecified atom stereocenters. The summed E-state index contributed by atoms with van der Waals surface area (Å²) in [4.78, 5) is 13.9. The Morgan fingerprint density at radius 1 is 1.32 bits per heavy atom. The van der Waals surface area contributed by atoms with Crippen LogP contribution in [-0.4, -0.2) is 16.5 Å². The largest absolute Gasteiger partial charge is 0.439 e. The molecule has 98 valence electrons. The number of hydrogen-bond acceptors (Lipinski definition) is 4. The average Bonchev–Trinajstić information content (AvgIpc) is 2.38. The smallest absolute Gasteiger partial charge is 0.219 e. The van der Waals surface area contributed by atoms with Gasteiger partial charge < -0.3 is 4.74 Å². The lowest BCUT2D eigenvalue weighted by molar-refractivity contribution is -0.479. The fourth-order valence-electron chi connectivity index (χ4n) is 1.49. The van der Waals surface area contributed by atoms with Gasteiger partial charge in [-0.15, -0.1) is 0 Å². The van der Waals surface area contributed by atoms with Gasteiger partial charge in [-0.3, -0.25) is 10.1 Å². The van der Waals surface area contributed by atoms with Gasteiger partial charge in [0.15, 0.2) is 0 Å². The second-order valence-electron chi connectivity index (χ2n) is 3.87. The fraction of sp³-hybridized carbons (Fsp3) is 0.154. The van der Waals surface area contributed by atoms with Gasteiger partial charge in [-0.2, -0.15) is 0 Å². The Labute approximate surface area is 108 Å². The van der Waals surface area contributed by atoms with E-state index in [1.165, 1.54) is 24.4 Å². The predicted molar refractivity (Wildman–Crippen MR) is 66.3 cm³/mol. The molecule has 0 aliphatic carbocycles. The second kappa shape index (κ2) is 5.90. The molecule has 0 fully saturated rings. The maximum Gasteiger partial charge on any atom is 0.219 e. The molecule has 0 N–H and O–H groups in total. The number of nitro groups is 1. The van der Waals surface area contributed by atoms with Gasteiger partial charge in [-0.25, -0.2) is 9.37 Å². The van der Waals surface area contributed by atoms with Crippen LogP contribution in [0, 0.1) is 15.9 Å². The first-order valence-electron chi connectivity index (χ1n) is 5.63. The van der Waals surface area contributed by atoms with Gasteiger partial charge in [0.1, 0.15) is 11.6 Å². The quantitative estimate of drug-likeness (QED) is 0.614. The van der Waals surface area contributed by atoms with Crippen LogP contribution < -0.4 is 4.74 Å². The number of aromatic nitrogens is 1. The van der Waals surface area contributed by atoms with Crippen molar-refractivity contribution in [2.45, 2.75) is 6.42 Å². The molecule has 1 aromatic carbocycles. The molecule has 2 aromatic rings. The van der Waals surface area contributed by atoms with Gasteiger partial charge in [0, 0.05) is 29.7 Å². The monoisotopic (exact) mass is 262 g/mol. The van der Waals surface area contributed by atoms with E-state index in [0.717, 1.165) is 5.56 Å². The number of benzene rings is 1.